The van der Waals surface area contributed by atoms with Crippen molar-refractivity contribution >= 4 is 26.6 Å². The number of hydrogen-bond acceptors (Lipinski definition) is 5. The Balaban J connectivity index is 1.90. The lowest BCUT2D eigenvalue weighted by Gasteiger charge is -2.31. The first-order valence-electron chi connectivity index (χ1n) is 7.61. The molecule has 0 unspecified atom stereocenters. The minimum absolute atomic E-state index is 0.0417. The normalized spacial score (nSPS) is 22.9. The minimum Gasteiger partial charge on any atom is -0.380 e. The predicted molar refractivity (Wildman–Crippen MR) is 87.8 cm³/mol. The van der Waals surface area contributed by atoms with E-state index in [1.807, 2.05) is 20.0 Å². The highest BCUT2D eigenvalue weighted by Gasteiger charge is 2.32. The fourth-order valence-corrected chi connectivity index (χ4v) is 4.77. The van der Waals surface area contributed by atoms with E-state index in [1.54, 1.807) is 10.9 Å². The van der Waals surface area contributed by atoms with Crippen LogP contribution in [0.5, 0.6) is 0 Å². The van der Waals surface area contributed by atoms with E-state index in [1.165, 1.54) is 6.26 Å². The van der Waals surface area contributed by atoms with Gasteiger partial charge < -0.3 is 5.32 Å². The predicted octanol–water partition coefficient (Wildman–Crippen LogP) is 2.04. The number of anilines is 1. The molecule has 2 heterocycles. The number of nitrogens with one attached hydrogen (secondary N) is 1. The van der Waals surface area contributed by atoms with E-state index >= 15 is 0 Å². The number of sulfone groups is 1. The number of rotatable bonds is 3. The topological polar surface area (TPSA) is 76.9 Å². The van der Waals surface area contributed by atoms with Crippen LogP contribution in [0.3, 0.4) is 0 Å². The van der Waals surface area contributed by atoms with Crippen molar-refractivity contribution in [2.75, 3.05) is 11.6 Å². The largest absolute Gasteiger partial charge is 0.380 e. The first-order valence-corrected chi connectivity index (χ1v) is 9.56. The van der Waals surface area contributed by atoms with E-state index in [0.717, 1.165) is 48.1 Å². The molecule has 1 saturated carbocycles. The zero-order chi connectivity index (χ0) is 15.9. The Morgan fingerprint density at radius 1 is 1.32 bits per heavy atom. The second-order valence-electron chi connectivity index (χ2n) is 6.21. The van der Waals surface area contributed by atoms with Gasteiger partial charge >= 0.3 is 0 Å². The molecular formula is C15H22N4O2S. The summed E-state index contributed by atoms with van der Waals surface area (Å²) < 4.78 is 25.7. The molecule has 0 aliphatic heterocycles. The quantitative estimate of drug-likeness (QED) is 0.936. The van der Waals surface area contributed by atoms with Crippen molar-refractivity contribution in [2.24, 2.45) is 7.05 Å². The third kappa shape index (κ3) is 2.82. The molecule has 2 atom stereocenters. The summed E-state index contributed by atoms with van der Waals surface area (Å²) in [5.41, 5.74) is 2.63. The minimum atomic E-state index is -3.04. The molecule has 1 N–H and O–H groups in total. The van der Waals surface area contributed by atoms with Crippen LogP contribution in [0.1, 0.15) is 31.4 Å². The van der Waals surface area contributed by atoms with Crippen LogP contribution in [0, 0.1) is 6.92 Å². The second-order valence-corrected chi connectivity index (χ2v) is 8.47. The molecule has 0 spiro atoms. The Morgan fingerprint density at radius 3 is 2.77 bits per heavy atom. The number of aromatic nitrogens is 3. The van der Waals surface area contributed by atoms with Gasteiger partial charge in [-0.3, -0.25) is 4.68 Å². The average Bonchev–Trinajstić information content (AvgIpc) is 2.73. The van der Waals surface area contributed by atoms with Gasteiger partial charge in [0.1, 0.15) is 0 Å². The zero-order valence-corrected chi connectivity index (χ0v) is 14.0. The van der Waals surface area contributed by atoms with E-state index in [9.17, 15) is 8.42 Å². The maximum atomic E-state index is 12.0. The molecule has 1 aliphatic carbocycles. The second kappa shape index (κ2) is 5.53. The van der Waals surface area contributed by atoms with Crippen LogP contribution >= 0.6 is 0 Å². The number of hydrogen-bond donors (Lipinski definition) is 1. The Morgan fingerprint density at radius 2 is 2.05 bits per heavy atom. The maximum Gasteiger partial charge on any atom is 0.157 e. The molecule has 120 valence electrons. The third-order valence-electron chi connectivity index (χ3n) is 4.47. The number of pyridine rings is 1. The fourth-order valence-electron chi connectivity index (χ4n) is 3.38. The van der Waals surface area contributed by atoms with Crippen LogP contribution in [0.2, 0.25) is 0 Å². The van der Waals surface area contributed by atoms with Crippen molar-refractivity contribution in [1.29, 1.82) is 0 Å². The molecule has 6 nitrogen and oxygen atoms in total. The van der Waals surface area contributed by atoms with Gasteiger partial charge in [0, 0.05) is 24.7 Å². The highest BCUT2D eigenvalue weighted by Crippen LogP contribution is 2.28. The summed E-state index contributed by atoms with van der Waals surface area (Å²) in [7, 11) is -1.17. The smallest absolute Gasteiger partial charge is 0.157 e. The summed E-state index contributed by atoms with van der Waals surface area (Å²) in [6.45, 7) is 1.95. The first kappa shape index (κ1) is 15.3. The number of aryl methyl sites for hydroxylation is 2. The van der Waals surface area contributed by atoms with Gasteiger partial charge in [-0.1, -0.05) is 12.8 Å². The monoisotopic (exact) mass is 322 g/mol. The summed E-state index contributed by atoms with van der Waals surface area (Å²) in [6.07, 6.45) is 6.75. The zero-order valence-electron chi connectivity index (χ0n) is 13.2. The van der Waals surface area contributed by atoms with Crippen LogP contribution < -0.4 is 5.32 Å². The summed E-state index contributed by atoms with van der Waals surface area (Å²) in [5.74, 6) is 0. The summed E-state index contributed by atoms with van der Waals surface area (Å²) in [4.78, 5) is 4.44. The Kier molecular flexibility index (Phi) is 3.84. The lowest BCUT2D eigenvalue weighted by molar-refractivity contribution is 0.452. The number of nitrogens with zero attached hydrogens (tertiary/aromatic N) is 3. The van der Waals surface area contributed by atoms with E-state index in [2.05, 4.69) is 15.4 Å². The van der Waals surface area contributed by atoms with Gasteiger partial charge in [-0.05, 0) is 25.8 Å². The maximum absolute atomic E-state index is 12.0. The highest BCUT2D eigenvalue weighted by atomic mass is 32.2. The van der Waals surface area contributed by atoms with Gasteiger partial charge in [-0.25, -0.2) is 13.4 Å². The van der Waals surface area contributed by atoms with E-state index in [4.69, 9.17) is 0 Å². The molecule has 3 rings (SSSR count). The molecule has 2 aromatic heterocycles. The molecule has 7 heteroatoms. The van der Waals surface area contributed by atoms with Crippen molar-refractivity contribution in [3.63, 3.8) is 0 Å². The van der Waals surface area contributed by atoms with Gasteiger partial charge in [0.2, 0.25) is 0 Å². The van der Waals surface area contributed by atoms with Crippen molar-refractivity contribution in [3.05, 3.63) is 18.0 Å². The SMILES string of the molecule is Cc1nn(C)c2ncc(N[C@@H]3CCCC[C@@H]3S(C)(=O)=O)cc12. The Hall–Kier alpha value is -1.63. The van der Waals surface area contributed by atoms with Crippen LogP contribution in [-0.4, -0.2) is 40.7 Å². The third-order valence-corrected chi connectivity index (χ3v) is 6.13. The van der Waals surface area contributed by atoms with Crippen molar-refractivity contribution < 1.29 is 8.42 Å². The van der Waals surface area contributed by atoms with Crippen LogP contribution in [0.4, 0.5) is 5.69 Å². The van der Waals surface area contributed by atoms with E-state index in [-0.39, 0.29) is 11.3 Å². The molecule has 2 aromatic rings. The molecular weight excluding hydrogens is 300 g/mol. The highest BCUT2D eigenvalue weighted by molar-refractivity contribution is 7.91. The first-order chi connectivity index (χ1) is 10.4. The Labute approximate surface area is 130 Å². The van der Waals surface area contributed by atoms with Gasteiger partial charge in [-0.2, -0.15) is 5.10 Å². The average molecular weight is 322 g/mol. The molecule has 1 fully saturated rings. The lowest BCUT2D eigenvalue weighted by atomic mass is 9.94. The molecule has 0 aromatic carbocycles. The molecule has 0 radical (unpaired) electrons. The van der Waals surface area contributed by atoms with E-state index in [0.29, 0.717) is 0 Å². The molecule has 0 amide bonds. The van der Waals surface area contributed by atoms with Gasteiger partial charge in [0.25, 0.3) is 0 Å². The van der Waals surface area contributed by atoms with Crippen LogP contribution in [0.15, 0.2) is 12.3 Å². The van der Waals surface area contributed by atoms with Crippen LogP contribution in [-0.2, 0) is 16.9 Å². The lowest BCUT2D eigenvalue weighted by Crippen LogP contribution is -2.41. The summed E-state index contributed by atoms with van der Waals surface area (Å²) >= 11 is 0. The van der Waals surface area contributed by atoms with Crippen molar-refractivity contribution in [2.45, 2.75) is 43.9 Å². The fraction of sp³-hybridized carbons (Fsp3) is 0.600. The standard InChI is InChI=1S/C15H22N4O2S/c1-10-12-8-11(9-16-15(12)19(2)18-10)17-13-6-4-5-7-14(13)22(3,20)21/h8-9,13-14,17H,4-7H2,1-3H3/t13-,14+/m1/s1. The van der Waals surface area contributed by atoms with E-state index < -0.39 is 9.84 Å². The molecule has 0 saturated heterocycles. The molecule has 22 heavy (non-hydrogen) atoms. The number of fused-ring (bicyclic) bond motifs is 1. The van der Waals surface area contributed by atoms with Crippen LogP contribution in [0.25, 0.3) is 11.0 Å². The molecule has 0 bridgehead atoms. The van der Waals surface area contributed by atoms with Crippen molar-refractivity contribution in [3.8, 4) is 0 Å². The Bertz CT molecular complexity index is 797. The van der Waals surface area contributed by atoms with Gasteiger partial charge in [0.05, 0.1) is 22.8 Å². The van der Waals surface area contributed by atoms with Crippen molar-refractivity contribution in [1.82, 2.24) is 14.8 Å². The van der Waals surface area contributed by atoms with Gasteiger partial charge in [0.15, 0.2) is 15.5 Å². The molecule has 1 aliphatic rings. The van der Waals surface area contributed by atoms with Gasteiger partial charge in [-0.15, -0.1) is 0 Å². The summed E-state index contributed by atoms with van der Waals surface area (Å²) in [5, 5.41) is 8.44. The summed E-state index contributed by atoms with van der Waals surface area (Å²) in [6, 6.07) is 1.97.